The molecule has 5 nitrogen and oxygen atoms in total. The first-order valence-corrected chi connectivity index (χ1v) is 15.7. The maximum Gasteiger partial charge on any atom is 0.369 e. The summed E-state index contributed by atoms with van der Waals surface area (Å²) in [6.07, 6.45) is -0.180. The van der Waals surface area contributed by atoms with Crippen LogP contribution in [-0.2, 0) is 22.8 Å². The minimum absolute atomic E-state index is 0.104. The first-order valence-electron chi connectivity index (χ1n) is 11.2. The minimum Gasteiger partial charge on any atom is -0.405 e. The average Bonchev–Trinajstić information content (AvgIpc) is 3.25. The highest BCUT2D eigenvalue weighted by Gasteiger charge is 2.51. The van der Waals surface area contributed by atoms with Crippen LogP contribution in [0.3, 0.4) is 0 Å². The summed E-state index contributed by atoms with van der Waals surface area (Å²) in [7, 11) is -5.96. The molecule has 0 amide bonds. The largest absolute Gasteiger partial charge is 0.405 e. The summed E-state index contributed by atoms with van der Waals surface area (Å²) in [5.41, 5.74) is 0. The molecule has 0 unspecified atom stereocenters. The van der Waals surface area contributed by atoms with Crippen molar-refractivity contribution in [2.24, 2.45) is 0 Å². The molecule has 2 aromatic carbocycles. The van der Waals surface area contributed by atoms with Crippen molar-refractivity contribution < 1.29 is 22.8 Å². The third-order valence-electron chi connectivity index (χ3n) is 5.51. The van der Waals surface area contributed by atoms with Crippen LogP contribution in [0.2, 0.25) is 5.04 Å². The van der Waals surface area contributed by atoms with E-state index in [1.165, 1.54) is 22.1 Å². The fourth-order valence-electron chi connectivity index (χ4n) is 4.18. The van der Waals surface area contributed by atoms with Gasteiger partial charge in [-0.05, 0) is 29.3 Å². The van der Waals surface area contributed by atoms with Gasteiger partial charge in [-0.15, -0.1) is 11.8 Å². The molecule has 3 rings (SSSR count). The van der Waals surface area contributed by atoms with Crippen molar-refractivity contribution in [3.05, 3.63) is 60.7 Å². The maximum absolute atomic E-state index is 13.1. The van der Waals surface area contributed by atoms with Crippen molar-refractivity contribution >= 4 is 38.0 Å². The summed E-state index contributed by atoms with van der Waals surface area (Å²) in [4.78, 5) is 0. The number of ether oxygens (including phenoxy) is 1. The number of thioether (sulfide) groups is 1. The monoisotopic (exact) mass is 494 g/mol. The van der Waals surface area contributed by atoms with E-state index in [1.807, 2.05) is 26.0 Å². The van der Waals surface area contributed by atoms with Gasteiger partial charge in [0.05, 0.1) is 25.9 Å². The fourth-order valence-corrected chi connectivity index (χ4v) is 12.3. The molecular formula is C24H35O5PSSi. The molecule has 2 atom stereocenters. The van der Waals surface area contributed by atoms with E-state index in [9.17, 15) is 4.57 Å². The zero-order valence-corrected chi connectivity index (χ0v) is 22.4. The van der Waals surface area contributed by atoms with E-state index in [0.717, 1.165) is 0 Å². The van der Waals surface area contributed by atoms with Gasteiger partial charge in [-0.1, -0.05) is 81.4 Å². The Morgan fingerprint density at radius 1 is 0.969 bits per heavy atom. The van der Waals surface area contributed by atoms with Gasteiger partial charge in [-0.2, -0.15) is 0 Å². The number of hydrogen-bond donors (Lipinski definition) is 0. The average molecular weight is 495 g/mol. The first-order chi connectivity index (χ1) is 15.3. The van der Waals surface area contributed by atoms with Crippen molar-refractivity contribution in [3.8, 4) is 0 Å². The lowest BCUT2D eigenvalue weighted by Gasteiger charge is -2.43. The third-order valence-corrected chi connectivity index (χ3v) is 14.6. The van der Waals surface area contributed by atoms with Gasteiger partial charge in [0.15, 0.2) is 0 Å². The quantitative estimate of drug-likeness (QED) is 0.332. The van der Waals surface area contributed by atoms with Crippen LogP contribution in [0.25, 0.3) is 0 Å². The summed E-state index contributed by atoms with van der Waals surface area (Å²) < 4.78 is 37.3. The molecule has 32 heavy (non-hydrogen) atoms. The molecule has 176 valence electrons. The van der Waals surface area contributed by atoms with Gasteiger partial charge in [0.1, 0.15) is 0 Å². The zero-order valence-electron chi connectivity index (χ0n) is 19.7. The lowest BCUT2D eigenvalue weighted by atomic mass is 10.2. The van der Waals surface area contributed by atoms with Crippen molar-refractivity contribution in [1.29, 1.82) is 0 Å². The van der Waals surface area contributed by atoms with Crippen molar-refractivity contribution in [2.45, 2.75) is 50.9 Å². The van der Waals surface area contributed by atoms with Crippen LogP contribution in [-0.4, -0.2) is 45.2 Å². The molecule has 1 aliphatic heterocycles. The molecule has 0 spiro atoms. The smallest absolute Gasteiger partial charge is 0.369 e. The van der Waals surface area contributed by atoms with E-state index in [1.54, 1.807) is 0 Å². The summed E-state index contributed by atoms with van der Waals surface area (Å²) in [5, 5.41) is 1.74. The predicted molar refractivity (Wildman–Crippen MR) is 136 cm³/mol. The molecule has 0 bridgehead atoms. The van der Waals surface area contributed by atoms with Crippen LogP contribution in [0.4, 0.5) is 0 Å². The Kier molecular flexibility index (Phi) is 8.83. The van der Waals surface area contributed by atoms with E-state index in [2.05, 4.69) is 69.3 Å². The Balaban J connectivity index is 1.87. The maximum atomic E-state index is 13.1. The minimum atomic E-state index is -3.32. The lowest BCUT2D eigenvalue weighted by Crippen LogP contribution is -2.67. The molecular weight excluding hydrogens is 459 g/mol. The number of rotatable bonds is 10. The molecule has 1 heterocycles. The van der Waals surface area contributed by atoms with Gasteiger partial charge in [0.2, 0.25) is 5.18 Å². The molecule has 0 aliphatic carbocycles. The Bertz CT molecular complexity index is 841. The third kappa shape index (κ3) is 5.41. The normalized spacial score (nSPS) is 19.9. The molecule has 1 saturated heterocycles. The second kappa shape index (κ2) is 11.0. The molecule has 0 N–H and O–H groups in total. The number of hydrogen-bond acceptors (Lipinski definition) is 6. The Morgan fingerprint density at radius 3 is 1.91 bits per heavy atom. The molecule has 8 heteroatoms. The van der Waals surface area contributed by atoms with Gasteiger partial charge >= 0.3 is 7.60 Å². The van der Waals surface area contributed by atoms with Gasteiger partial charge in [0, 0.05) is 5.75 Å². The molecule has 1 fully saturated rings. The highest BCUT2D eigenvalue weighted by atomic mass is 32.2. The molecule has 0 aromatic heterocycles. The molecule has 0 saturated carbocycles. The second-order valence-electron chi connectivity index (χ2n) is 8.75. The Hall–Kier alpha value is -0.923. The van der Waals surface area contributed by atoms with E-state index in [0.29, 0.717) is 25.6 Å². The summed E-state index contributed by atoms with van der Waals surface area (Å²) in [5.74, 6) is 0.688. The number of benzene rings is 2. The lowest BCUT2D eigenvalue weighted by molar-refractivity contribution is 0.0435. The topological polar surface area (TPSA) is 54.0 Å². The SMILES string of the molecule is CCOP(=O)(OCC)[C@H]1O[C@@H](CO[Si](c2ccccc2)(c2ccccc2)C(C)(C)C)CS1. The fraction of sp³-hybridized carbons (Fsp3) is 0.500. The summed E-state index contributed by atoms with van der Waals surface area (Å²) in [6.45, 7) is 11.5. The van der Waals surface area contributed by atoms with Gasteiger partial charge in [-0.25, -0.2) is 0 Å². The van der Waals surface area contributed by atoms with E-state index >= 15 is 0 Å². The van der Waals surface area contributed by atoms with Crippen LogP contribution < -0.4 is 10.4 Å². The molecule has 2 aromatic rings. The standard InChI is InChI=1S/C24H35O5PSSi/c1-6-26-30(25,27-7-2)23-29-20(19-31-23)18-28-32(24(3,4)5,21-14-10-8-11-15-21)22-16-12-9-13-17-22/h8-17,20,23H,6-7,18-19H2,1-5H3/t20-,23+/m0/s1. The highest BCUT2D eigenvalue weighted by Crippen LogP contribution is 2.59. The molecule has 1 aliphatic rings. The van der Waals surface area contributed by atoms with Gasteiger partial charge in [-0.3, -0.25) is 4.57 Å². The van der Waals surface area contributed by atoms with E-state index in [-0.39, 0.29) is 11.1 Å². The van der Waals surface area contributed by atoms with E-state index in [4.69, 9.17) is 18.2 Å². The van der Waals surface area contributed by atoms with Crippen LogP contribution in [0.15, 0.2) is 60.7 Å². The van der Waals surface area contributed by atoms with Crippen molar-refractivity contribution in [1.82, 2.24) is 0 Å². The predicted octanol–water partition coefficient (Wildman–Crippen LogP) is 5.24. The van der Waals surface area contributed by atoms with Crippen LogP contribution in [0.1, 0.15) is 34.6 Å². The van der Waals surface area contributed by atoms with Crippen molar-refractivity contribution in [2.75, 3.05) is 25.6 Å². The van der Waals surface area contributed by atoms with E-state index < -0.39 is 21.1 Å². The van der Waals surface area contributed by atoms with Crippen molar-refractivity contribution in [3.63, 3.8) is 0 Å². The first kappa shape index (κ1) is 25.7. The van der Waals surface area contributed by atoms with Gasteiger partial charge in [0.25, 0.3) is 8.32 Å². The zero-order chi connectivity index (χ0) is 23.2. The van der Waals surface area contributed by atoms with Crippen LogP contribution >= 0.6 is 19.4 Å². The Labute approximate surface area is 197 Å². The Morgan fingerprint density at radius 2 is 1.47 bits per heavy atom. The second-order valence-corrected chi connectivity index (χ2v) is 16.6. The van der Waals surface area contributed by atoms with Gasteiger partial charge < -0.3 is 18.2 Å². The van der Waals surface area contributed by atoms with Crippen LogP contribution in [0, 0.1) is 0 Å². The highest BCUT2D eigenvalue weighted by molar-refractivity contribution is 8.05. The van der Waals surface area contributed by atoms with Crippen LogP contribution in [0.5, 0.6) is 0 Å². The molecule has 0 radical (unpaired) electrons. The summed E-state index contributed by atoms with van der Waals surface area (Å²) in [6, 6.07) is 21.1. The summed E-state index contributed by atoms with van der Waals surface area (Å²) >= 11 is 1.49.